The Bertz CT molecular complexity index is 647. The number of hydrogen-bond acceptors (Lipinski definition) is 1. The molecule has 2 aromatic rings. The van der Waals surface area contributed by atoms with Crippen LogP contribution in [0.2, 0.25) is 0 Å². The van der Waals surface area contributed by atoms with E-state index < -0.39 is 8.07 Å². The summed E-state index contributed by atoms with van der Waals surface area (Å²) >= 11 is 0. The lowest BCUT2D eigenvalue weighted by molar-refractivity contribution is 0.629. The molecule has 0 amide bonds. The van der Waals surface area contributed by atoms with Crippen LogP contribution in [0.4, 0.5) is 0 Å². The van der Waals surface area contributed by atoms with E-state index in [1.54, 1.807) is 0 Å². The minimum Gasteiger partial charge on any atom is -0.251 e. The van der Waals surface area contributed by atoms with Gasteiger partial charge in [-0.05, 0) is 37.9 Å². The van der Waals surface area contributed by atoms with Gasteiger partial charge in [0, 0.05) is 25.9 Å². The molecule has 3 rings (SSSR count). The molecule has 1 heterocycles. The van der Waals surface area contributed by atoms with Crippen molar-refractivity contribution in [3.05, 3.63) is 72.8 Å². The maximum Gasteiger partial charge on any atom is 0.0318 e. The van der Waals surface area contributed by atoms with Gasteiger partial charge in [0.1, 0.15) is 0 Å². The fourth-order valence-corrected chi connectivity index (χ4v) is 11.0. The Labute approximate surface area is 168 Å². The molecular weight excluding hydrogens is 364 g/mol. The molecule has 0 spiro atoms. The lowest BCUT2D eigenvalue weighted by Gasteiger charge is -2.42. The SMILES string of the molecule is CCCCN(P(c1ccccc1)c1ccccc1)P1[C@H](CC)C=C[C@H]1CC. The molecule has 2 atom stereocenters. The average Bonchev–Trinajstić information content (AvgIpc) is 3.15. The predicted molar refractivity (Wildman–Crippen MR) is 125 cm³/mol. The number of allylic oxidation sites excluding steroid dienone is 2. The van der Waals surface area contributed by atoms with Crippen LogP contribution in [0.5, 0.6) is 0 Å². The molecular formula is C24H33NP2. The van der Waals surface area contributed by atoms with E-state index in [4.69, 9.17) is 0 Å². The zero-order chi connectivity index (χ0) is 19.1. The molecule has 0 aromatic heterocycles. The average molecular weight is 397 g/mol. The van der Waals surface area contributed by atoms with Crippen molar-refractivity contribution < 1.29 is 0 Å². The van der Waals surface area contributed by atoms with Gasteiger partial charge in [-0.1, -0.05) is 100 Å². The molecule has 1 aliphatic heterocycles. The van der Waals surface area contributed by atoms with Crippen LogP contribution in [0.3, 0.4) is 0 Å². The highest BCUT2D eigenvalue weighted by Gasteiger charge is 2.38. The van der Waals surface area contributed by atoms with E-state index in [9.17, 15) is 0 Å². The topological polar surface area (TPSA) is 3.24 Å². The molecule has 0 fully saturated rings. The van der Waals surface area contributed by atoms with E-state index >= 15 is 0 Å². The maximum absolute atomic E-state index is 2.96. The van der Waals surface area contributed by atoms with Gasteiger partial charge in [-0.3, -0.25) is 4.44 Å². The van der Waals surface area contributed by atoms with Crippen molar-refractivity contribution in [3.63, 3.8) is 0 Å². The van der Waals surface area contributed by atoms with E-state index in [-0.39, 0.29) is 8.07 Å². The molecule has 0 aliphatic carbocycles. The number of unbranched alkanes of at least 4 members (excludes halogenated alkanes) is 1. The van der Waals surface area contributed by atoms with Crippen molar-refractivity contribution in [2.24, 2.45) is 0 Å². The first-order chi connectivity index (χ1) is 13.3. The van der Waals surface area contributed by atoms with Crippen molar-refractivity contribution in [1.82, 2.24) is 4.44 Å². The standard InChI is InChI=1S/C24H33NP2/c1-4-7-20-25(26-21(5-2)18-19-22(26)6-3)27(23-14-10-8-11-15-23)24-16-12-9-13-17-24/h8-19,21-22H,4-7,20H2,1-3H3/t21-,22-/m1/s1. The third kappa shape index (κ3) is 4.89. The van der Waals surface area contributed by atoms with Gasteiger partial charge in [-0.15, -0.1) is 0 Å². The fraction of sp³-hybridized carbons (Fsp3) is 0.417. The minimum atomic E-state index is -0.479. The maximum atomic E-state index is 2.96. The largest absolute Gasteiger partial charge is 0.251 e. The van der Waals surface area contributed by atoms with Crippen LogP contribution < -0.4 is 10.6 Å². The Morgan fingerprint density at radius 3 is 1.67 bits per heavy atom. The Kier molecular flexibility index (Phi) is 8.07. The summed E-state index contributed by atoms with van der Waals surface area (Å²) in [7, 11) is -0.662. The van der Waals surface area contributed by atoms with Gasteiger partial charge in [0.2, 0.25) is 0 Å². The summed E-state index contributed by atoms with van der Waals surface area (Å²) in [6, 6.07) is 22.5. The van der Waals surface area contributed by atoms with E-state index in [2.05, 4.69) is 98.0 Å². The van der Waals surface area contributed by atoms with E-state index in [1.807, 2.05) is 0 Å². The molecule has 0 bridgehead atoms. The van der Waals surface area contributed by atoms with Gasteiger partial charge in [0.15, 0.2) is 0 Å². The van der Waals surface area contributed by atoms with Crippen LogP contribution in [0, 0.1) is 0 Å². The van der Waals surface area contributed by atoms with Crippen LogP contribution in [0.25, 0.3) is 0 Å². The quantitative estimate of drug-likeness (QED) is 0.338. The van der Waals surface area contributed by atoms with Gasteiger partial charge in [0.25, 0.3) is 0 Å². The molecule has 1 aliphatic rings. The first-order valence-electron chi connectivity index (χ1n) is 10.4. The number of benzene rings is 2. The number of hydrogen-bond donors (Lipinski definition) is 0. The zero-order valence-corrected chi connectivity index (χ0v) is 18.7. The van der Waals surface area contributed by atoms with Crippen molar-refractivity contribution in [2.45, 2.75) is 57.8 Å². The summed E-state index contributed by atoms with van der Waals surface area (Å²) in [5, 5.41) is 2.99. The summed E-state index contributed by atoms with van der Waals surface area (Å²) in [6.45, 7) is 8.27. The Hall–Kier alpha value is -1.00. The molecule has 0 saturated heterocycles. The second kappa shape index (κ2) is 10.5. The molecule has 0 unspecified atom stereocenters. The van der Waals surface area contributed by atoms with Gasteiger partial charge >= 0.3 is 0 Å². The molecule has 0 saturated carbocycles. The Balaban J connectivity index is 2.05. The van der Waals surface area contributed by atoms with Crippen LogP contribution in [-0.2, 0) is 0 Å². The van der Waals surface area contributed by atoms with Crippen molar-refractivity contribution in [3.8, 4) is 0 Å². The molecule has 3 heteroatoms. The highest BCUT2D eigenvalue weighted by molar-refractivity contribution is 7.80. The summed E-state index contributed by atoms with van der Waals surface area (Å²) < 4.78 is 2.96. The first-order valence-corrected chi connectivity index (χ1v) is 13.2. The molecule has 0 radical (unpaired) electrons. The zero-order valence-electron chi connectivity index (χ0n) is 17.0. The lowest BCUT2D eigenvalue weighted by atomic mass is 10.2. The van der Waals surface area contributed by atoms with E-state index in [0.29, 0.717) is 0 Å². The Morgan fingerprint density at radius 2 is 1.26 bits per heavy atom. The molecule has 0 N–H and O–H groups in total. The van der Waals surface area contributed by atoms with Crippen molar-refractivity contribution >= 4 is 26.8 Å². The first kappa shape index (κ1) is 20.7. The minimum absolute atomic E-state index is 0.183. The summed E-state index contributed by atoms with van der Waals surface area (Å²) in [5.74, 6) is 0. The fourth-order valence-electron chi connectivity index (χ4n) is 3.84. The Morgan fingerprint density at radius 1 is 0.778 bits per heavy atom. The third-order valence-corrected chi connectivity index (χ3v) is 11.8. The van der Waals surface area contributed by atoms with E-state index in [1.165, 1.54) is 42.8 Å². The van der Waals surface area contributed by atoms with Gasteiger partial charge in [-0.25, -0.2) is 0 Å². The van der Waals surface area contributed by atoms with Crippen LogP contribution in [0.15, 0.2) is 72.8 Å². The highest BCUT2D eigenvalue weighted by atomic mass is 31.2. The van der Waals surface area contributed by atoms with Crippen LogP contribution >= 0.6 is 16.1 Å². The smallest absolute Gasteiger partial charge is 0.0318 e. The number of nitrogens with zero attached hydrogens (tertiary/aromatic N) is 1. The predicted octanol–water partition coefficient (Wildman–Crippen LogP) is 6.66. The second-order valence-corrected chi connectivity index (χ2v) is 12.2. The monoisotopic (exact) mass is 397 g/mol. The molecule has 2 aromatic carbocycles. The van der Waals surface area contributed by atoms with E-state index in [0.717, 1.165) is 11.3 Å². The summed E-state index contributed by atoms with van der Waals surface area (Å²) in [4.78, 5) is 0. The second-order valence-electron chi connectivity index (χ2n) is 7.15. The molecule has 1 nitrogen and oxygen atoms in total. The normalized spacial score (nSPS) is 20.0. The summed E-state index contributed by atoms with van der Waals surface area (Å²) in [5.41, 5.74) is 1.47. The van der Waals surface area contributed by atoms with Crippen LogP contribution in [0.1, 0.15) is 46.5 Å². The number of rotatable bonds is 9. The van der Waals surface area contributed by atoms with Crippen molar-refractivity contribution in [2.75, 3.05) is 6.54 Å². The van der Waals surface area contributed by atoms with Gasteiger partial charge < -0.3 is 0 Å². The van der Waals surface area contributed by atoms with Gasteiger partial charge in [0.05, 0.1) is 0 Å². The van der Waals surface area contributed by atoms with Crippen molar-refractivity contribution in [1.29, 1.82) is 0 Å². The summed E-state index contributed by atoms with van der Waals surface area (Å²) in [6.07, 6.45) is 10.1. The van der Waals surface area contributed by atoms with Gasteiger partial charge in [-0.2, -0.15) is 0 Å². The van der Waals surface area contributed by atoms with Crippen LogP contribution in [-0.4, -0.2) is 22.3 Å². The highest BCUT2D eigenvalue weighted by Crippen LogP contribution is 2.64. The third-order valence-electron chi connectivity index (χ3n) is 5.28. The molecule has 27 heavy (non-hydrogen) atoms. The molecule has 144 valence electrons. The lowest BCUT2D eigenvalue weighted by Crippen LogP contribution is -2.30.